The Morgan fingerprint density at radius 1 is 1.14 bits per heavy atom. The van der Waals surface area contributed by atoms with E-state index in [4.69, 9.17) is 16.6 Å². The van der Waals surface area contributed by atoms with Crippen LogP contribution in [0.1, 0.15) is 31.3 Å². The van der Waals surface area contributed by atoms with Crippen LogP contribution in [0.4, 0.5) is 0 Å². The summed E-state index contributed by atoms with van der Waals surface area (Å²) in [6, 6.07) is 16.2. The first-order valence-corrected chi connectivity index (χ1v) is 7.94. The second-order valence-corrected chi connectivity index (χ2v) is 6.31. The maximum Gasteiger partial charge on any atom is 0.124 e. The van der Waals surface area contributed by atoms with Crippen LogP contribution in [0.3, 0.4) is 0 Å². The molecule has 0 amide bonds. The van der Waals surface area contributed by atoms with Crippen LogP contribution >= 0.6 is 11.6 Å². The summed E-state index contributed by atoms with van der Waals surface area (Å²) in [5.74, 6) is 1.41. The third-order valence-electron chi connectivity index (χ3n) is 3.78. The molecule has 1 heterocycles. The van der Waals surface area contributed by atoms with Gasteiger partial charge in [-0.15, -0.1) is 0 Å². The molecule has 1 aromatic heterocycles. The van der Waals surface area contributed by atoms with Crippen LogP contribution in [-0.2, 0) is 6.54 Å². The number of fused-ring (bicyclic) bond motifs is 1. The molecule has 1 atom stereocenters. The van der Waals surface area contributed by atoms with Gasteiger partial charge in [0.15, 0.2) is 0 Å². The fourth-order valence-electron chi connectivity index (χ4n) is 2.64. The van der Waals surface area contributed by atoms with Crippen LogP contribution in [0.25, 0.3) is 11.0 Å². The summed E-state index contributed by atoms with van der Waals surface area (Å²) in [5, 5.41) is 4.36. The van der Waals surface area contributed by atoms with Gasteiger partial charge in [0.2, 0.25) is 0 Å². The Hall–Kier alpha value is -1.84. The molecule has 3 aromatic rings. The zero-order valence-electron chi connectivity index (χ0n) is 12.8. The molecule has 3 rings (SSSR count). The number of nitrogens with one attached hydrogen (secondary N) is 2. The molecule has 1 unspecified atom stereocenters. The topological polar surface area (TPSA) is 40.7 Å². The molecule has 3 nitrogen and oxygen atoms in total. The normalized spacial score (nSPS) is 12.9. The summed E-state index contributed by atoms with van der Waals surface area (Å²) in [6.07, 6.45) is 0. The highest BCUT2D eigenvalue weighted by Crippen LogP contribution is 2.23. The lowest BCUT2D eigenvalue weighted by atomic mass is 10.0. The van der Waals surface area contributed by atoms with Crippen molar-refractivity contribution >= 4 is 22.6 Å². The maximum absolute atomic E-state index is 6.05. The number of rotatable bonds is 5. The van der Waals surface area contributed by atoms with Crippen LogP contribution in [0.15, 0.2) is 48.5 Å². The molecular formula is C18H20ClN3. The number of halogens is 1. The highest BCUT2D eigenvalue weighted by atomic mass is 35.5. The summed E-state index contributed by atoms with van der Waals surface area (Å²) >= 11 is 6.05. The highest BCUT2D eigenvalue weighted by Gasteiger charge is 2.19. The molecule has 0 aliphatic heterocycles. The zero-order valence-corrected chi connectivity index (χ0v) is 13.6. The average Bonchev–Trinajstić information content (AvgIpc) is 2.90. The minimum Gasteiger partial charge on any atom is -0.341 e. The van der Waals surface area contributed by atoms with Crippen molar-refractivity contribution in [3.63, 3.8) is 0 Å². The number of benzene rings is 2. The largest absolute Gasteiger partial charge is 0.341 e. The predicted octanol–water partition coefficient (Wildman–Crippen LogP) is 4.70. The van der Waals surface area contributed by atoms with Gasteiger partial charge in [0.05, 0.1) is 17.1 Å². The van der Waals surface area contributed by atoms with E-state index in [-0.39, 0.29) is 6.04 Å². The summed E-state index contributed by atoms with van der Waals surface area (Å²) in [4.78, 5) is 8.15. The molecule has 2 aromatic carbocycles. The van der Waals surface area contributed by atoms with Crippen molar-refractivity contribution in [1.29, 1.82) is 0 Å². The van der Waals surface area contributed by atoms with Gasteiger partial charge in [-0.2, -0.15) is 0 Å². The van der Waals surface area contributed by atoms with E-state index in [2.05, 4.69) is 36.3 Å². The number of H-pyrrole nitrogens is 1. The fourth-order valence-corrected chi connectivity index (χ4v) is 2.86. The van der Waals surface area contributed by atoms with Gasteiger partial charge >= 0.3 is 0 Å². The van der Waals surface area contributed by atoms with Crippen LogP contribution in [0, 0.1) is 5.92 Å². The third-order valence-corrected chi connectivity index (χ3v) is 4.02. The number of hydrogen-bond donors (Lipinski definition) is 2. The zero-order chi connectivity index (χ0) is 15.5. The summed E-state index contributed by atoms with van der Waals surface area (Å²) in [5.41, 5.74) is 3.26. The Morgan fingerprint density at radius 3 is 2.68 bits per heavy atom. The summed E-state index contributed by atoms with van der Waals surface area (Å²) in [7, 11) is 0. The van der Waals surface area contributed by atoms with Crippen molar-refractivity contribution < 1.29 is 0 Å². The first kappa shape index (κ1) is 15.1. The number of aromatic nitrogens is 2. The monoisotopic (exact) mass is 313 g/mol. The fraction of sp³-hybridized carbons (Fsp3) is 0.278. The van der Waals surface area contributed by atoms with Crippen LogP contribution < -0.4 is 5.32 Å². The van der Waals surface area contributed by atoms with E-state index in [1.165, 1.54) is 5.56 Å². The smallest absolute Gasteiger partial charge is 0.124 e. The van der Waals surface area contributed by atoms with Gasteiger partial charge in [0.25, 0.3) is 0 Å². The SMILES string of the molecule is CC(C)C(NCc1cccc(Cl)c1)c1nc2ccccc2[nH]1. The molecule has 4 heteroatoms. The molecule has 0 spiro atoms. The van der Waals surface area contributed by atoms with Gasteiger partial charge in [-0.3, -0.25) is 0 Å². The molecule has 0 radical (unpaired) electrons. The van der Waals surface area contributed by atoms with E-state index in [9.17, 15) is 0 Å². The average molecular weight is 314 g/mol. The van der Waals surface area contributed by atoms with Gasteiger partial charge in [-0.05, 0) is 35.7 Å². The highest BCUT2D eigenvalue weighted by molar-refractivity contribution is 6.30. The Labute approximate surface area is 135 Å². The van der Waals surface area contributed by atoms with Gasteiger partial charge in [0, 0.05) is 11.6 Å². The van der Waals surface area contributed by atoms with Crippen molar-refractivity contribution in [2.24, 2.45) is 5.92 Å². The van der Waals surface area contributed by atoms with E-state index < -0.39 is 0 Å². The molecule has 2 N–H and O–H groups in total. The van der Waals surface area contributed by atoms with Gasteiger partial charge in [-0.25, -0.2) is 4.98 Å². The van der Waals surface area contributed by atoms with Crippen molar-refractivity contribution in [2.75, 3.05) is 0 Å². The van der Waals surface area contributed by atoms with Crippen LogP contribution in [-0.4, -0.2) is 9.97 Å². The lowest BCUT2D eigenvalue weighted by Gasteiger charge is -2.20. The number of hydrogen-bond acceptors (Lipinski definition) is 2. The Bertz CT molecular complexity index is 731. The molecule has 0 aliphatic rings. The Kier molecular flexibility index (Phi) is 4.46. The first-order valence-electron chi connectivity index (χ1n) is 7.56. The maximum atomic E-state index is 6.05. The van der Waals surface area contributed by atoms with Crippen molar-refractivity contribution in [2.45, 2.75) is 26.4 Å². The molecule has 0 saturated heterocycles. The lowest BCUT2D eigenvalue weighted by molar-refractivity contribution is 0.396. The van der Waals surface area contributed by atoms with E-state index in [0.717, 1.165) is 28.4 Å². The molecule has 22 heavy (non-hydrogen) atoms. The number of aromatic amines is 1. The first-order chi connectivity index (χ1) is 10.6. The van der Waals surface area contributed by atoms with Crippen molar-refractivity contribution in [3.8, 4) is 0 Å². The summed E-state index contributed by atoms with van der Waals surface area (Å²) in [6.45, 7) is 5.16. The van der Waals surface area contributed by atoms with E-state index in [1.807, 2.05) is 36.4 Å². The molecule has 0 aliphatic carbocycles. The minimum atomic E-state index is 0.173. The molecule has 0 saturated carbocycles. The second-order valence-electron chi connectivity index (χ2n) is 5.87. The minimum absolute atomic E-state index is 0.173. The number of imidazole rings is 1. The summed E-state index contributed by atoms with van der Waals surface area (Å²) < 4.78 is 0. The third kappa shape index (κ3) is 3.32. The van der Waals surface area contributed by atoms with Crippen LogP contribution in [0.2, 0.25) is 5.02 Å². The van der Waals surface area contributed by atoms with Crippen molar-refractivity contribution in [1.82, 2.24) is 15.3 Å². The van der Waals surface area contributed by atoms with Crippen LogP contribution in [0.5, 0.6) is 0 Å². The molecule has 114 valence electrons. The van der Waals surface area contributed by atoms with E-state index >= 15 is 0 Å². The molecule has 0 bridgehead atoms. The van der Waals surface area contributed by atoms with Gasteiger partial charge in [-0.1, -0.05) is 49.7 Å². The van der Waals surface area contributed by atoms with Gasteiger partial charge in [0.1, 0.15) is 5.82 Å². The van der Waals surface area contributed by atoms with E-state index in [1.54, 1.807) is 0 Å². The Morgan fingerprint density at radius 2 is 1.95 bits per heavy atom. The Balaban J connectivity index is 1.80. The number of para-hydroxylation sites is 2. The standard InChI is InChI=1S/C18H20ClN3/c1-12(2)17(20-11-13-6-5-7-14(19)10-13)18-21-15-8-3-4-9-16(15)22-18/h3-10,12,17,20H,11H2,1-2H3,(H,21,22). The van der Waals surface area contributed by atoms with Gasteiger partial charge < -0.3 is 10.3 Å². The van der Waals surface area contributed by atoms with E-state index in [0.29, 0.717) is 5.92 Å². The van der Waals surface area contributed by atoms with Crippen molar-refractivity contribution in [3.05, 3.63) is 64.9 Å². The second kappa shape index (κ2) is 6.51. The quantitative estimate of drug-likeness (QED) is 0.716. The lowest BCUT2D eigenvalue weighted by Crippen LogP contribution is -2.26. The molecular weight excluding hydrogens is 294 g/mol. The predicted molar refractivity (Wildman–Crippen MR) is 92.0 cm³/mol. The molecule has 0 fully saturated rings. The number of nitrogens with zero attached hydrogens (tertiary/aromatic N) is 1.